The van der Waals surface area contributed by atoms with Gasteiger partial charge in [-0.05, 0) is 12.1 Å². The van der Waals surface area contributed by atoms with Crippen molar-refractivity contribution in [3.63, 3.8) is 0 Å². The topological polar surface area (TPSA) is 72.8 Å². The van der Waals surface area contributed by atoms with Crippen molar-refractivity contribution in [1.82, 2.24) is 0 Å². The second-order valence-corrected chi connectivity index (χ2v) is 3.11. The van der Waals surface area contributed by atoms with Crippen LogP contribution in [0.4, 0.5) is 0 Å². The fourth-order valence-electron chi connectivity index (χ4n) is 1.52. The summed E-state index contributed by atoms with van der Waals surface area (Å²) < 4.78 is 5.22. The third kappa shape index (κ3) is 1.51. The largest absolute Gasteiger partial charge is 0.478 e. The summed E-state index contributed by atoms with van der Waals surface area (Å²) in [6, 6.07) is 4.73. The van der Waals surface area contributed by atoms with E-state index in [2.05, 4.69) is 4.89 Å². The van der Waals surface area contributed by atoms with E-state index in [4.69, 9.17) is 9.99 Å². The minimum atomic E-state index is -0.869. The summed E-state index contributed by atoms with van der Waals surface area (Å²) in [5.41, 5.74) is 0.669. The summed E-state index contributed by atoms with van der Waals surface area (Å²) in [4.78, 5) is 26.2. The molecule has 0 saturated carbocycles. The molecule has 0 fully saturated rings. The fraction of sp³-hybridized carbons (Fsp3) is 0.200. The van der Waals surface area contributed by atoms with Gasteiger partial charge in [0.25, 0.3) is 0 Å². The highest BCUT2D eigenvalue weighted by Crippen LogP contribution is 2.31. The van der Waals surface area contributed by atoms with Crippen LogP contribution in [0, 0.1) is 0 Å². The number of benzene rings is 1. The van der Waals surface area contributed by atoms with Crippen molar-refractivity contribution in [2.75, 3.05) is 6.61 Å². The minimum absolute atomic E-state index is 0.244. The molecule has 15 heavy (non-hydrogen) atoms. The van der Waals surface area contributed by atoms with Crippen LogP contribution < -0.4 is 4.74 Å². The normalized spacial score (nSPS) is 18.5. The number of hydrogen-bond donors (Lipinski definition) is 1. The summed E-state index contributed by atoms with van der Waals surface area (Å²) >= 11 is 0. The van der Waals surface area contributed by atoms with E-state index in [9.17, 15) is 9.59 Å². The second kappa shape index (κ2) is 3.80. The van der Waals surface area contributed by atoms with Gasteiger partial charge in [-0.2, -0.15) is 0 Å². The number of hydrogen-bond acceptors (Lipinski definition) is 5. The van der Waals surface area contributed by atoms with Gasteiger partial charge in [-0.25, -0.2) is 4.89 Å². The van der Waals surface area contributed by atoms with Crippen LogP contribution in [0.5, 0.6) is 5.75 Å². The van der Waals surface area contributed by atoms with Crippen LogP contribution in [0.2, 0.25) is 0 Å². The van der Waals surface area contributed by atoms with E-state index < -0.39 is 6.10 Å². The van der Waals surface area contributed by atoms with Crippen LogP contribution in [-0.4, -0.2) is 30.0 Å². The van der Waals surface area contributed by atoms with Crippen LogP contribution >= 0.6 is 0 Å². The number of rotatable bonds is 3. The fourth-order valence-corrected chi connectivity index (χ4v) is 1.52. The molecule has 0 saturated heterocycles. The second-order valence-electron chi connectivity index (χ2n) is 3.11. The Labute approximate surface area is 85.2 Å². The molecule has 1 atom stereocenters. The van der Waals surface area contributed by atoms with E-state index in [0.717, 1.165) is 0 Å². The van der Waals surface area contributed by atoms with E-state index in [1.54, 1.807) is 18.2 Å². The number of carbonyl (C=O) groups excluding carboxylic acids is 2. The molecular formula is C10H8O5. The Morgan fingerprint density at radius 2 is 2.33 bits per heavy atom. The van der Waals surface area contributed by atoms with Crippen LogP contribution in [0.25, 0.3) is 0 Å². The van der Waals surface area contributed by atoms with Crippen LogP contribution in [0.15, 0.2) is 18.2 Å². The van der Waals surface area contributed by atoms with Crippen LogP contribution in [0.3, 0.4) is 0 Å². The van der Waals surface area contributed by atoms with Gasteiger partial charge in [0, 0.05) is 0 Å². The zero-order valence-corrected chi connectivity index (χ0v) is 7.67. The molecule has 1 aromatic carbocycles. The number of para-hydroxylation sites is 1. The van der Waals surface area contributed by atoms with Crippen molar-refractivity contribution in [2.24, 2.45) is 0 Å². The van der Waals surface area contributed by atoms with Gasteiger partial charge in [-0.3, -0.25) is 14.8 Å². The Morgan fingerprint density at radius 1 is 1.53 bits per heavy atom. The Morgan fingerprint density at radius 3 is 3.00 bits per heavy atom. The van der Waals surface area contributed by atoms with E-state index in [1.807, 2.05) is 0 Å². The number of ketones is 1. The third-order valence-electron chi connectivity index (χ3n) is 2.22. The monoisotopic (exact) mass is 208 g/mol. The maximum atomic E-state index is 11.6. The molecule has 0 aromatic heterocycles. The molecule has 1 heterocycles. The predicted octanol–water partition coefficient (Wildman–Crippen LogP) is 0.932. The summed E-state index contributed by atoms with van der Waals surface area (Å²) in [5.74, 6) is -0.0256. The van der Waals surface area contributed by atoms with Crippen molar-refractivity contribution in [3.8, 4) is 5.75 Å². The first-order valence-electron chi connectivity index (χ1n) is 4.33. The van der Waals surface area contributed by atoms with Gasteiger partial charge < -0.3 is 4.74 Å². The zero-order valence-electron chi connectivity index (χ0n) is 7.67. The van der Waals surface area contributed by atoms with Gasteiger partial charge in [0.2, 0.25) is 5.78 Å². The number of ether oxygens (including phenoxy) is 1. The van der Waals surface area contributed by atoms with Crippen molar-refractivity contribution < 1.29 is 24.5 Å². The van der Waals surface area contributed by atoms with Gasteiger partial charge in [-0.15, -0.1) is 0 Å². The summed E-state index contributed by atoms with van der Waals surface area (Å²) in [5, 5.41) is 8.25. The van der Waals surface area contributed by atoms with Crippen molar-refractivity contribution in [3.05, 3.63) is 29.3 Å². The molecule has 78 valence electrons. The molecule has 5 heteroatoms. The quantitative estimate of drug-likeness (QED) is 0.454. The number of fused-ring (bicyclic) bond motifs is 1. The number of carbonyl (C=O) groups is 2. The molecule has 0 radical (unpaired) electrons. The molecule has 1 aliphatic rings. The highest BCUT2D eigenvalue weighted by molar-refractivity contribution is 6.06. The third-order valence-corrected chi connectivity index (χ3v) is 2.22. The molecule has 0 spiro atoms. The smallest absolute Gasteiger partial charge is 0.209 e. The highest BCUT2D eigenvalue weighted by atomic mass is 17.1. The van der Waals surface area contributed by atoms with E-state index >= 15 is 0 Å². The lowest BCUT2D eigenvalue weighted by Gasteiger charge is -2.06. The highest BCUT2D eigenvalue weighted by Gasteiger charge is 2.34. The molecule has 0 aliphatic carbocycles. The number of Topliss-reactive ketones (excluding diaryl/α,β-unsaturated/α-hetero) is 1. The molecule has 0 amide bonds. The number of aldehydes is 1. The maximum absolute atomic E-state index is 11.6. The van der Waals surface area contributed by atoms with Crippen molar-refractivity contribution >= 4 is 12.1 Å². The molecule has 1 N–H and O–H groups in total. The predicted molar refractivity (Wildman–Crippen MR) is 49.2 cm³/mol. The van der Waals surface area contributed by atoms with Gasteiger partial charge >= 0.3 is 0 Å². The van der Waals surface area contributed by atoms with Gasteiger partial charge in [0.05, 0.1) is 11.1 Å². The summed E-state index contributed by atoms with van der Waals surface area (Å²) in [6.45, 7) is -0.244. The molecule has 0 bridgehead atoms. The van der Waals surface area contributed by atoms with Crippen molar-refractivity contribution in [2.45, 2.75) is 6.10 Å². The van der Waals surface area contributed by atoms with Gasteiger partial charge in [-0.1, -0.05) is 6.07 Å². The molecule has 1 aromatic rings. The summed E-state index contributed by atoms with van der Waals surface area (Å²) in [7, 11) is 0. The first kappa shape index (κ1) is 9.82. The Balaban J connectivity index is 2.40. The van der Waals surface area contributed by atoms with Gasteiger partial charge in [0.15, 0.2) is 12.4 Å². The average Bonchev–Trinajstić information content (AvgIpc) is 2.57. The molecular weight excluding hydrogens is 200 g/mol. The van der Waals surface area contributed by atoms with Crippen LogP contribution in [0.1, 0.15) is 20.7 Å². The van der Waals surface area contributed by atoms with E-state index in [-0.39, 0.29) is 18.1 Å². The average molecular weight is 208 g/mol. The summed E-state index contributed by atoms with van der Waals surface area (Å²) in [6.07, 6.45) is -0.250. The lowest BCUT2D eigenvalue weighted by molar-refractivity contribution is -0.250. The lowest BCUT2D eigenvalue weighted by Crippen LogP contribution is -2.25. The Kier molecular flexibility index (Phi) is 2.49. The molecule has 5 nitrogen and oxygen atoms in total. The first-order valence-corrected chi connectivity index (χ1v) is 4.33. The maximum Gasteiger partial charge on any atom is 0.209 e. The van der Waals surface area contributed by atoms with Crippen molar-refractivity contribution in [1.29, 1.82) is 0 Å². The van der Waals surface area contributed by atoms with E-state index in [0.29, 0.717) is 17.4 Å². The standard InChI is InChI=1S/C10H8O5/c11-4-6-2-1-3-7-9(12)8(5-14-13)15-10(6)7/h1-4,8,13H,5H2. The molecule has 2 rings (SSSR count). The minimum Gasteiger partial charge on any atom is -0.478 e. The van der Waals surface area contributed by atoms with E-state index in [1.165, 1.54) is 0 Å². The lowest BCUT2D eigenvalue weighted by atomic mass is 10.1. The first-order chi connectivity index (χ1) is 7.27. The Hall–Kier alpha value is -1.72. The van der Waals surface area contributed by atoms with Gasteiger partial charge in [0.1, 0.15) is 12.4 Å². The zero-order chi connectivity index (χ0) is 10.8. The Bertz CT molecular complexity index is 412. The van der Waals surface area contributed by atoms with Crippen LogP contribution in [-0.2, 0) is 4.89 Å². The molecule has 1 aliphatic heterocycles. The SMILES string of the molecule is O=Cc1cccc2c1OC(COO)C2=O. The molecule has 1 unspecified atom stereocenters.